The molecule has 0 aliphatic carbocycles. The van der Waals surface area contributed by atoms with E-state index in [-0.39, 0.29) is 0 Å². The third-order valence-electron chi connectivity index (χ3n) is 3.83. The molecule has 128 valence electrons. The summed E-state index contributed by atoms with van der Waals surface area (Å²) in [6.45, 7) is 4.32. The Labute approximate surface area is 143 Å². The molecule has 1 aromatic rings. The Morgan fingerprint density at radius 2 is 1.14 bits per heavy atom. The SMILES string of the molecule is CCCCCCCCCCCCCCCl.Cc1ccncc1. The van der Waals surface area contributed by atoms with Gasteiger partial charge in [0.05, 0.1) is 0 Å². The van der Waals surface area contributed by atoms with Gasteiger partial charge >= 0.3 is 0 Å². The second-order valence-electron chi connectivity index (χ2n) is 6.10. The summed E-state index contributed by atoms with van der Waals surface area (Å²) in [5.74, 6) is 0.845. The van der Waals surface area contributed by atoms with Gasteiger partial charge in [-0.2, -0.15) is 0 Å². The molecule has 1 nitrogen and oxygen atoms in total. The Bertz CT molecular complexity index is 288. The minimum atomic E-state index is 0.845. The number of nitrogens with zero attached hydrogens (tertiary/aromatic N) is 1. The van der Waals surface area contributed by atoms with Crippen molar-refractivity contribution in [3.63, 3.8) is 0 Å². The molecule has 0 atom stereocenters. The van der Waals surface area contributed by atoms with E-state index in [0.717, 1.165) is 5.88 Å². The number of hydrogen-bond donors (Lipinski definition) is 0. The average Bonchev–Trinajstić information content (AvgIpc) is 2.54. The summed E-state index contributed by atoms with van der Waals surface area (Å²) >= 11 is 5.62. The van der Waals surface area contributed by atoms with Crippen molar-refractivity contribution in [2.45, 2.75) is 90.9 Å². The van der Waals surface area contributed by atoms with Crippen LogP contribution in [0.1, 0.15) is 89.5 Å². The Morgan fingerprint density at radius 3 is 1.45 bits per heavy atom. The van der Waals surface area contributed by atoms with E-state index in [1.807, 2.05) is 19.1 Å². The normalized spacial score (nSPS) is 10.1. The Morgan fingerprint density at radius 1 is 0.727 bits per heavy atom. The van der Waals surface area contributed by atoms with Crippen LogP contribution in [0.4, 0.5) is 0 Å². The van der Waals surface area contributed by atoms with E-state index < -0.39 is 0 Å². The standard InChI is InChI=1S/C14H29Cl.C6H7N/c1-2-3-4-5-6-7-8-9-10-11-12-13-14-15;1-6-2-4-7-5-3-6/h2-14H2,1H3;2-5H,1H3. The van der Waals surface area contributed by atoms with E-state index in [0.29, 0.717) is 0 Å². The second-order valence-corrected chi connectivity index (χ2v) is 6.48. The Kier molecular flexibility index (Phi) is 18.0. The summed E-state index contributed by atoms with van der Waals surface area (Å²) in [5.41, 5.74) is 1.26. The van der Waals surface area contributed by atoms with E-state index in [4.69, 9.17) is 11.6 Å². The lowest BCUT2D eigenvalue weighted by Crippen LogP contribution is -1.82. The molecule has 0 bridgehead atoms. The van der Waals surface area contributed by atoms with Crippen LogP contribution in [0, 0.1) is 6.92 Å². The van der Waals surface area contributed by atoms with Gasteiger partial charge in [-0.05, 0) is 31.0 Å². The van der Waals surface area contributed by atoms with Gasteiger partial charge in [-0.3, -0.25) is 4.98 Å². The van der Waals surface area contributed by atoms with Crippen molar-refractivity contribution in [2.75, 3.05) is 5.88 Å². The maximum atomic E-state index is 5.62. The van der Waals surface area contributed by atoms with Gasteiger partial charge in [-0.15, -0.1) is 11.6 Å². The lowest BCUT2D eigenvalue weighted by molar-refractivity contribution is 0.548. The van der Waals surface area contributed by atoms with Gasteiger partial charge < -0.3 is 0 Å². The first-order chi connectivity index (χ1) is 10.8. The molecule has 0 spiro atoms. The number of aromatic nitrogens is 1. The van der Waals surface area contributed by atoms with Gasteiger partial charge in [-0.25, -0.2) is 0 Å². The minimum Gasteiger partial charge on any atom is -0.265 e. The fraction of sp³-hybridized carbons (Fsp3) is 0.750. The topological polar surface area (TPSA) is 12.9 Å². The summed E-state index contributed by atoms with van der Waals surface area (Å²) < 4.78 is 0. The molecule has 0 fully saturated rings. The monoisotopic (exact) mass is 325 g/mol. The lowest BCUT2D eigenvalue weighted by Gasteiger charge is -2.01. The van der Waals surface area contributed by atoms with Crippen LogP contribution in [0.25, 0.3) is 0 Å². The number of rotatable bonds is 12. The highest BCUT2D eigenvalue weighted by Crippen LogP contribution is 2.11. The van der Waals surface area contributed by atoms with Crippen LogP contribution in [0.2, 0.25) is 0 Å². The highest BCUT2D eigenvalue weighted by atomic mass is 35.5. The maximum Gasteiger partial charge on any atom is 0.0270 e. The summed E-state index contributed by atoms with van der Waals surface area (Å²) in [7, 11) is 0. The van der Waals surface area contributed by atoms with Crippen LogP contribution in [-0.4, -0.2) is 10.9 Å². The first-order valence-corrected chi connectivity index (χ1v) is 9.77. The fourth-order valence-electron chi connectivity index (χ4n) is 2.36. The number of hydrogen-bond acceptors (Lipinski definition) is 1. The van der Waals surface area contributed by atoms with Crippen LogP contribution >= 0.6 is 11.6 Å². The van der Waals surface area contributed by atoms with Crippen molar-refractivity contribution in [1.29, 1.82) is 0 Å². The number of pyridine rings is 1. The number of halogens is 1. The number of aryl methyl sites for hydroxylation is 1. The van der Waals surface area contributed by atoms with Crippen LogP contribution in [0.5, 0.6) is 0 Å². The fourth-order valence-corrected chi connectivity index (χ4v) is 2.55. The molecule has 2 heteroatoms. The molecular formula is C20H36ClN. The molecule has 0 unspecified atom stereocenters. The molecule has 1 aromatic heterocycles. The van der Waals surface area contributed by atoms with E-state index in [1.165, 1.54) is 82.6 Å². The first-order valence-electron chi connectivity index (χ1n) is 9.23. The second kappa shape index (κ2) is 18.5. The molecule has 0 aliphatic rings. The Balaban J connectivity index is 0.000000518. The summed E-state index contributed by atoms with van der Waals surface area (Å²) in [5, 5.41) is 0. The molecule has 0 N–H and O–H groups in total. The summed E-state index contributed by atoms with van der Waals surface area (Å²) in [4.78, 5) is 3.85. The zero-order valence-corrected chi connectivity index (χ0v) is 15.6. The van der Waals surface area contributed by atoms with Crippen LogP contribution < -0.4 is 0 Å². The predicted molar refractivity (Wildman–Crippen MR) is 101 cm³/mol. The zero-order valence-electron chi connectivity index (χ0n) is 14.8. The van der Waals surface area contributed by atoms with Crippen molar-refractivity contribution in [3.8, 4) is 0 Å². The molecule has 0 amide bonds. The van der Waals surface area contributed by atoms with Gasteiger partial charge in [0.2, 0.25) is 0 Å². The summed E-state index contributed by atoms with van der Waals surface area (Å²) in [6.07, 6.45) is 20.4. The largest absolute Gasteiger partial charge is 0.265 e. The van der Waals surface area contributed by atoms with E-state index in [2.05, 4.69) is 11.9 Å². The molecule has 1 rings (SSSR count). The molecule has 0 saturated carbocycles. The quantitative estimate of drug-likeness (QED) is 0.290. The maximum absolute atomic E-state index is 5.62. The molecule has 0 aromatic carbocycles. The van der Waals surface area contributed by atoms with Crippen molar-refractivity contribution in [1.82, 2.24) is 4.98 Å². The third-order valence-corrected chi connectivity index (χ3v) is 4.10. The van der Waals surface area contributed by atoms with Gasteiger partial charge in [0.25, 0.3) is 0 Å². The highest BCUT2D eigenvalue weighted by molar-refractivity contribution is 6.17. The molecular weight excluding hydrogens is 290 g/mol. The Hall–Kier alpha value is -0.560. The van der Waals surface area contributed by atoms with Gasteiger partial charge in [0.15, 0.2) is 0 Å². The van der Waals surface area contributed by atoms with Crippen LogP contribution in [0.3, 0.4) is 0 Å². The summed E-state index contributed by atoms with van der Waals surface area (Å²) in [6, 6.07) is 3.94. The minimum absolute atomic E-state index is 0.845. The van der Waals surface area contributed by atoms with Gasteiger partial charge in [-0.1, -0.05) is 77.6 Å². The van der Waals surface area contributed by atoms with Crippen molar-refractivity contribution >= 4 is 11.6 Å². The number of alkyl halides is 1. The van der Waals surface area contributed by atoms with Crippen molar-refractivity contribution in [2.24, 2.45) is 0 Å². The van der Waals surface area contributed by atoms with Gasteiger partial charge in [0, 0.05) is 18.3 Å². The molecule has 1 heterocycles. The lowest BCUT2D eigenvalue weighted by atomic mass is 10.1. The first kappa shape index (κ1) is 21.4. The zero-order chi connectivity index (χ0) is 16.3. The third kappa shape index (κ3) is 17.5. The smallest absolute Gasteiger partial charge is 0.0270 e. The van der Waals surface area contributed by atoms with E-state index in [9.17, 15) is 0 Å². The molecule has 0 radical (unpaired) electrons. The van der Waals surface area contributed by atoms with Crippen LogP contribution in [-0.2, 0) is 0 Å². The van der Waals surface area contributed by atoms with E-state index in [1.54, 1.807) is 12.4 Å². The number of unbranched alkanes of at least 4 members (excludes halogenated alkanes) is 11. The molecule has 22 heavy (non-hydrogen) atoms. The molecule has 0 saturated heterocycles. The predicted octanol–water partition coefficient (Wildman–Crippen LogP) is 7.32. The molecule has 0 aliphatic heterocycles. The van der Waals surface area contributed by atoms with Gasteiger partial charge in [0.1, 0.15) is 0 Å². The van der Waals surface area contributed by atoms with Crippen molar-refractivity contribution in [3.05, 3.63) is 30.1 Å². The average molecular weight is 326 g/mol. The highest BCUT2D eigenvalue weighted by Gasteiger charge is 1.92. The van der Waals surface area contributed by atoms with Crippen LogP contribution in [0.15, 0.2) is 24.5 Å². The van der Waals surface area contributed by atoms with E-state index >= 15 is 0 Å². The van der Waals surface area contributed by atoms with Crippen molar-refractivity contribution < 1.29 is 0 Å².